The van der Waals surface area contributed by atoms with Crippen molar-refractivity contribution in [2.45, 2.75) is 12.5 Å². The van der Waals surface area contributed by atoms with Gasteiger partial charge in [0, 0.05) is 25.2 Å². The number of hydrogen-bond donors (Lipinski definition) is 1. The van der Waals surface area contributed by atoms with Gasteiger partial charge in [0.2, 0.25) is 0 Å². The van der Waals surface area contributed by atoms with Crippen molar-refractivity contribution < 1.29 is 4.79 Å². The summed E-state index contributed by atoms with van der Waals surface area (Å²) >= 11 is 0. The third-order valence-corrected chi connectivity index (χ3v) is 2.53. The molecule has 4 heteroatoms. The standard InChI is InChI=1S/C10H13N3O/c1-13-9(4-5-12-13)10(14)7-2-3-8(11)6-7/h2-5,7-8H,6,11H2,1H3. The second kappa shape index (κ2) is 3.38. The van der Waals surface area contributed by atoms with E-state index in [0.717, 1.165) is 0 Å². The van der Waals surface area contributed by atoms with Gasteiger partial charge in [0.05, 0.1) is 0 Å². The molecule has 0 spiro atoms. The van der Waals surface area contributed by atoms with E-state index in [1.54, 1.807) is 24.0 Å². The summed E-state index contributed by atoms with van der Waals surface area (Å²) < 4.78 is 1.60. The van der Waals surface area contributed by atoms with Gasteiger partial charge in [-0.3, -0.25) is 9.48 Å². The molecule has 4 nitrogen and oxygen atoms in total. The van der Waals surface area contributed by atoms with Gasteiger partial charge in [-0.1, -0.05) is 12.2 Å². The van der Waals surface area contributed by atoms with Crippen LogP contribution in [0, 0.1) is 5.92 Å². The highest BCUT2D eigenvalue weighted by Gasteiger charge is 2.25. The van der Waals surface area contributed by atoms with E-state index in [4.69, 9.17) is 5.73 Å². The number of nitrogens with two attached hydrogens (primary N) is 1. The fraction of sp³-hybridized carbons (Fsp3) is 0.400. The molecule has 0 amide bonds. The van der Waals surface area contributed by atoms with Gasteiger partial charge in [-0.05, 0) is 12.5 Å². The zero-order valence-electron chi connectivity index (χ0n) is 8.05. The van der Waals surface area contributed by atoms with Crippen LogP contribution < -0.4 is 5.73 Å². The lowest BCUT2D eigenvalue weighted by Gasteiger charge is -2.07. The number of nitrogens with zero attached hydrogens (tertiary/aromatic N) is 2. The van der Waals surface area contributed by atoms with Crippen LogP contribution in [-0.4, -0.2) is 21.6 Å². The molecule has 2 atom stereocenters. The van der Waals surface area contributed by atoms with Crippen molar-refractivity contribution >= 4 is 5.78 Å². The normalized spacial score (nSPS) is 25.6. The Balaban J connectivity index is 2.18. The Morgan fingerprint density at radius 3 is 2.93 bits per heavy atom. The first-order chi connectivity index (χ1) is 6.68. The van der Waals surface area contributed by atoms with E-state index in [-0.39, 0.29) is 17.7 Å². The number of aryl methyl sites for hydroxylation is 1. The summed E-state index contributed by atoms with van der Waals surface area (Å²) in [5, 5.41) is 3.97. The lowest BCUT2D eigenvalue weighted by molar-refractivity contribution is 0.0933. The number of allylic oxidation sites excluding steroid dienone is 1. The number of aromatic nitrogens is 2. The predicted molar refractivity (Wildman–Crippen MR) is 52.8 cm³/mol. The van der Waals surface area contributed by atoms with E-state index in [1.165, 1.54) is 0 Å². The van der Waals surface area contributed by atoms with E-state index in [9.17, 15) is 4.79 Å². The lowest BCUT2D eigenvalue weighted by atomic mass is 10.0. The molecule has 1 aromatic heterocycles. The van der Waals surface area contributed by atoms with Crippen molar-refractivity contribution in [2.24, 2.45) is 18.7 Å². The van der Waals surface area contributed by atoms with Crippen LogP contribution in [0.3, 0.4) is 0 Å². The number of ketones is 1. The zero-order chi connectivity index (χ0) is 10.1. The third kappa shape index (κ3) is 1.48. The number of rotatable bonds is 2. The maximum atomic E-state index is 11.9. The van der Waals surface area contributed by atoms with Crippen LogP contribution in [0.25, 0.3) is 0 Å². The number of carbonyl (C=O) groups is 1. The molecule has 14 heavy (non-hydrogen) atoms. The molecule has 2 rings (SSSR count). The first kappa shape index (κ1) is 9.15. The largest absolute Gasteiger partial charge is 0.324 e. The van der Waals surface area contributed by atoms with Crippen molar-refractivity contribution in [3.05, 3.63) is 30.1 Å². The lowest BCUT2D eigenvalue weighted by Crippen LogP contribution is -2.20. The van der Waals surface area contributed by atoms with Crippen LogP contribution in [0.5, 0.6) is 0 Å². The van der Waals surface area contributed by atoms with E-state index in [0.29, 0.717) is 12.1 Å². The van der Waals surface area contributed by atoms with Crippen LogP contribution in [0.1, 0.15) is 16.9 Å². The molecule has 1 heterocycles. The van der Waals surface area contributed by atoms with Gasteiger partial charge in [0.15, 0.2) is 5.78 Å². The van der Waals surface area contributed by atoms with Crippen molar-refractivity contribution in [1.29, 1.82) is 0 Å². The summed E-state index contributed by atoms with van der Waals surface area (Å²) in [6.07, 6.45) is 6.12. The Kier molecular flexibility index (Phi) is 2.21. The predicted octanol–water partition coefficient (Wildman–Crippen LogP) is 0.506. The van der Waals surface area contributed by atoms with Crippen LogP contribution in [0.2, 0.25) is 0 Å². The molecular formula is C10H13N3O. The molecule has 2 unspecified atom stereocenters. The highest BCUT2D eigenvalue weighted by atomic mass is 16.1. The molecule has 0 aromatic carbocycles. The highest BCUT2D eigenvalue weighted by Crippen LogP contribution is 2.20. The smallest absolute Gasteiger partial charge is 0.187 e. The van der Waals surface area contributed by atoms with Gasteiger partial charge in [-0.15, -0.1) is 0 Å². The second-order valence-corrected chi connectivity index (χ2v) is 3.60. The van der Waals surface area contributed by atoms with Crippen LogP contribution in [0.15, 0.2) is 24.4 Å². The Bertz CT molecular complexity index is 380. The summed E-state index contributed by atoms with van der Waals surface area (Å²) in [6, 6.07) is 1.76. The van der Waals surface area contributed by atoms with Gasteiger partial charge >= 0.3 is 0 Å². The molecule has 1 aliphatic rings. The summed E-state index contributed by atoms with van der Waals surface area (Å²) in [4.78, 5) is 11.9. The summed E-state index contributed by atoms with van der Waals surface area (Å²) in [5.74, 6) is 0.0367. The first-order valence-corrected chi connectivity index (χ1v) is 4.64. The molecule has 0 radical (unpaired) electrons. The van der Waals surface area contributed by atoms with Crippen LogP contribution in [0.4, 0.5) is 0 Å². The Morgan fingerprint density at radius 2 is 2.43 bits per heavy atom. The van der Waals surface area contributed by atoms with Crippen molar-refractivity contribution in [3.8, 4) is 0 Å². The summed E-state index contributed by atoms with van der Waals surface area (Å²) in [7, 11) is 1.77. The van der Waals surface area contributed by atoms with Gasteiger partial charge in [0.1, 0.15) is 5.69 Å². The average Bonchev–Trinajstić information content (AvgIpc) is 2.73. The molecule has 74 valence electrons. The minimum absolute atomic E-state index is 0.0252. The highest BCUT2D eigenvalue weighted by molar-refractivity contribution is 5.97. The molecule has 0 saturated carbocycles. The van der Waals surface area contributed by atoms with Gasteiger partial charge < -0.3 is 5.73 Å². The van der Waals surface area contributed by atoms with Crippen LogP contribution in [-0.2, 0) is 7.05 Å². The fourth-order valence-corrected chi connectivity index (χ4v) is 1.73. The first-order valence-electron chi connectivity index (χ1n) is 4.64. The average molecular weight is 191 g/mol. The zero-order valence-corrected chi connectivity index (χ0v) is 8.05. The van der Waals surface area contributed by atoms with E-state index >= 15 is 0 Å². The van der Waals surface area contributed by atoms with Gasteiger partial charge in [-0.25, -0.2) is 0 Å². The quantitative estimate of drug-likeness (QED) is 0.547. The Hall–Kier alpha value is -1.42. The monoisotopic (exact) mass is 191 g/mol. The summed E-state index contributed by atoms with van der Waals surface area (Å²) in [5.41, 5.74) is 6.34. The maximum absolute atomic E-state index is 11.9. The number of hydrogen-bond acceptors (Lipinski definition) is 3. The molecule has 1 aromatic rings. The molecule has 0 aliphatic heterocycles. The topological polar surface area (TPSA) is 60.9 Å². The molecule has 0 bridgehead atoms. The number of Topliss-reactive ketones (excluding diaryl/α,β-unsaturated/α-hetero) is 1. The van der Waals surface area contributed by atoms with E-state index < -0.39 is 0 Å². The van der Waals surface area contributed by atoms with E-state index in [1.807, 2.05) is 12.2 Å². The van der Waals surface area contributed by atoms with Crippen molar-refractivity contribution in [2.75, 3.05) is 0 Å². The van der Waals surface area contributed by atoms with Crippen molar-refractivity contribution in [3.63, 3.8) is 0 Å². The van der Waals surface area contributed by atoms with E-state index in [2.05, 4.69) is 5.10 Å². The molecular weight excluding hydrogens is 178 g/mol. The molecule has 0 fully saturated rings. The Morgan fingerprint density at radius 1 is 1.64 bits per heavy atom. The molecule has 1 aliphatic carbocycles. The maximum Gasteiger partial charge on any atom is 0.187 e. The second-order valence-electron chi connectivity index (χ2n) is 3.60. The van der Waals surface area contributed by atoms with Crippen molar-refractivity contribution in [1.82, 2.24) is 9.78 Å². The SMILES string of the molecule is Cn1nccc1C(=O)C1C=CC(N)C1. The van der Waals surface area contributed by atoms with Crippen LogP contribution >= 0.6 is 0 Å². The Labute approximate surface area is 82.4 Å². The van der Waals surface area contributed by atoms with Gasteiger partial charge in [-0.2, -0.15) is 5.10 Å². The minimum Gasteiger partial charge on any atom is -0.324 e. The summed E-state index contributed by atoms with van der Waals surface area (Å²) in [6.45, 7) is 0. The third-order valence-electron chi connectivity index (χ3n) is 2.53. The molecule has 0 saturated heterocycles. The minimum atomic E-state index is -0.0691. The number of carbonyl (C=O) groups excluding carboxylic acids is 1. The van der Waals surface area contributed by atoms with Gasteiger partial charge in [0.25, 0.3) is 0 Å². The molecule has 2 N–H and O–H groups in total. The fourth-order valence-electron chi connectivity index (χ4n) is 1.73.